The first-order valence-corrected chi connectivity index (χ1v) is 9.88. The Morgan fingerprint density at radius 3 is 2.93 bits per heavy atom. The van der Waals surface area contributed by atoms with E-state index in [0.717, 1.165) is 19.6 Å². The molecule has 0 saturated carbocycles. The number of likely N-dealkylation sites (N-methyl/N-ethyl adjacent to an activating group) is 1. The third-order valence-electron chi connectivity index (χ3n) is 4.61. The fourth-order valence-corrected chi connectivity index (χ4v) is 4.36. The summed E-state index contributed by atoms with van der Waals surface area (Å²) in [6, 6.07) is 6.32. The largest absolute Gasteiger partial charge is 0.337 e. The highest BCUT2D eigenvalue weighted by atomic mass is 35.5. The molecule has 4 rings (SSSR count). The van der Waals surface area contributed by atoms with Crippen LogP contribution in [0.25, 0.3) is 0 Å². The number of fused-ring (bicyclic) bond motifs is 1. The molecule has 0 amide bonds. The smallest absolute Gasteiger partial charge is 0.263 e. The lowest BCUT2D eigenvalue weighted by Gasteiger charge is -2.30. The molecule has 11 heteroatoms. The average Bonchev–Trinajstić information content (AvgIpc) is 3.20. The van der Waals surface area contributed by atoms with Gasteiger partial charge in [0.1, 0.15) is 11.9 Å². The standard InChI is InChI=1S/C16H20N6O3S.ClH/c1-10(16-19-15(20-25-16)12-9-17-7-8-22(12)2)18-14-11-5-3-4-6-13(11)26(23,24)21-14;/h3-6,10,12,17H,7-9H2,1-2H3,(H,18,21);1H. The van der Waals surface area contributed by atoms with Crippen LogP contribution in [-0.4, -0.2) is 56.0 Å². The number of nitrogens with zero attached hydrogens (tertiary/aromatic N) is 4. The lowest BCUT2D eigenvalue weighted by molar-refractivity contribution is 0.190. The lowest BCUT2D eigenvalue weighted by atomic mass is 10.2. The van der Waals surface area contributed by atoms with Crippen LogP contribution in [0.4, 0.5) is 0 Å². The van der Waals surface area contributed by atoms with Gasteiger partial charge in [-0.15, -0.1) is 12.4 Å². The Bertz CT molecular complexity index is 961. The van der Waals surface area contributed by atoms with Crippen LogP contribution in [0.2, 0.25) is 0 Å². The van der Waals surface area contributed by atoms with E-state index in [1.165, 1.54) is 0 Å². The van der Waals surface area contributed by atoms with Crippen LogP contribution < -0.4 is 10.0 Å². The molecule has 2 aliphatic heterocycles. The highest BCUT2D eigenvalue weighted by molar-refractivity contribution is 7.90. The lowest BCUT2D eigenvalue weighted by Crippen LogP contribution is -2.44. The van der Waals surface area contributed by atoms with Gasteiger partial charge in [-0.1, -0.05) is 17.3 Å². The van der Waals surface area contributed by atoms with Gasteiger partial charge in [-0.05, 0) is 26.1 Å². The molecule has 27 heavy (non-hydrogen) atoms. The molecule has 9 nitrogen and oxygen atoms in total. The summed E-state index contributed by atoms with van der Waals surface area (Å²) in [5, 5.41) is 7.40. The van der Waals surface area contributed by atoms with Gasteiger partial charge in [0.05, 0.1) is 10.9 Å². The van der Waals surface area contributed by atoms with Gasteiger partial charge >= 0.3 is 0 Å². The molecule has 0 radical (unpaired) electrons. The number of amidine groups is 1. The summed E-state index contributed by atoms with van der Waals surface area (Å²) in [5.41, 5.74) is 0.551. The van der Waals surface area contributed by atoms with Gasteiger partial charge in [-0.3, -0.25) is 14.6 Å². The van der Waals surface area contributed by atoms with Crippen LogP contribution in [-0.2, 0) is 10.0 Å². The van der Waals surface area contributed by atoms with Crippen molar-refractivity contribution >= 4 is 28.3 Å². The monoisotopic (exact) mass is 412 g/mol. The molecule has 1 aromatic carbocycles. The number of hydrogen-bond donors (Lipinski definition) is 2. The van der Waals surface area contributed by atoms with E-state index in [-0.39, 0.29) is 23.3 Å². The molecule has 2 aliphatic rings. The van der Waals surface area contributed by atoms with Crippen LogP contribution >= 0.6 is 12.4 Å². The van der Waals surface area contributed by atoms with Gasteiger partial charge < -0.3 is 9.84 Å². The number of hydrogen-bond acceptors (Lipinski definition) is 8. The molecule has 2 unspecified atom stereocenters. The van der Waals surface area contributed by atoms with Crippen LogP contribution in [0, 0.1) is 0 Å². The van der Waals surface area contributed by atoms with Crippen molar-refractivity contribution in [3.8, 4) is 0 Å². The maximum atomic E-state index is 12.2. The van der Waals surface area contributed by atoms with Crippen LogP contribution in [0.15, 0.2) is 38.7 Å². The molecule has 3 heterocycles. The van der Waals surface area contributed by atoms with Gasteiger partial charge in [0.15, 0.2) is 5.82 Å². The topological polar surface area (TPSA) is 113 Å². The van der Waals surface area contributed by atoms with Gasteiger partial charge in [0.25, 0.3) is 15.9 Å². The Labute approximate surface area is 163 Å². The highest BCUT2D eigenvalue weighted by Gasteiger charge is 2.31. The second-order valence-corrected chi connectivity index (χ2v) is 8.10. The summed E-state index contributed by atoms with van der Waals surface area (Å²) in [6.45, 7) is 4.39. The zero-order valence-corrected chi connectivity index (χ0v) is 16.5. The molecule has 146 valence electrons. The molecule has 2 N–H and O–H groups in total. The van der Waals surface area contributed by atoms with Crippen molar-refractivity contribution in [3.05, 3.63) is 41.5 Å². The molecule has 0 bridgehead atoms. The minimum Gasteiger partial charge on any atom is -0.337 e. The maximum absolute atomic E-state index is 12.2. The van der Waals surface area contributed by atoms with Crippen LogP contribution in [0.1, 0.15) is 36.3 Å². The van der Waals surface area contributed by atoms with Gasteiger partial charge in [-0.25, -0.2) is 8.42 Å². The Hall–Kier alpha value is -2.01. The molecule has 1 fully saturated rings. The van der Waals surface area contributed by atoms with Crippen molar-refractivity contribution in [3.63, 3.8) is 0 Å². The van der Waals surface area contributed by atoms with Crippen molar-refractivity contribution in [2.45, 2.75) is 23.9 Å². The number of nitrogens with one attached hydrogen (secondary N) is 2. The number of aliphatic imine (C=N–C) groups is 1. The van der Waals surface area contributed by atoms with Crippen LogP contribution in [0.5, 0.6) is 0 Å². The second kappa shape index (κ2) is 7.55. The quantitative estimate of drug-likeness (QED) is 0.768. The zero-order chi connectivity index (χ0) is 18.3. The fraction of sp³-hybridized carbons (Fsp3) is 0.438. The van der Waals surface area contributed by atoms with Crippen molar-refractivity contribution in [1.82, 2.24) is 25.1 Å². The SMILES string of the molecule is CC(N=C1NS(=O)(=O)c2ccccc21)c1nc(C2CNCCN2C)no1.Cl. The molecule has 2 aromatic rings. The Kier molecular flexibility index (Phi) is 5.52. The maximum Gasteiger partial charge on any atom is 0.263 e. The third-order valence-corrected chi connectivity index (χ3v) is 6.01. The predicted molar refractivity (Wildman–Crippen MR) is 102 cm³/mol. The minimum absolute atomic E-state index is 0. The molecule has 0 aliphatic carbocycles. The summed E-state index contributed by atoms with van der Waals surface area (Å²) in [4.78, 5) is 11.3. The van der Waals surface area contributed by atoms with E-state index >= 15 is 0 Å². The van der Waals surface area contributed by atoms with E-state index in [9.17, 15) is 8.42 Å². The Morgan fingerprint density at radius 2 is 2.15 bits per heavy atom. The first-order valence-electron chi connectivity index (χ1n) is 8.40. The summed E-state index contributed by atoms with van der Waals surface area (Å²) >= 11 is 0. The fourth-order valence-electron chi connectivity index (χ4n) is 3.13. The molecule has 1 aromatic heterocycles. The Balaban J connectivity index is 0.00000210. The van der Waals surface area contributed by atoms with Crippen molar-refractivity contribution in [2.24, 2.45) is 4.99 Å². The average molecular weight is 413 g/mol. The van der Waals surface area contributed by atoms with Gasteiger partial charge in [-0.2, -0.15) is 4.98 Å². The normalized spacial score (nSPS) is 24.1. The molecule has 1 saturated heterocycles. The summed E-state index contributed by atoms with van der Waals surface area (Å²) < 4.78 is 32.2. The van der Waals surface area contributed by atoms with Crippen LogP contribution in [0.3, 0.4) is 0 Å². The van der Waals surface area contributed by atoms with Crippen molar-refractivity contribution in [2.75, 3.05) is 26.7 Å². The predicted octanol–water partition coefficient (Wildman–Crippen LogP) is 0.867. The zero-order valence-electron chi connectivity index (χ0n) is 14.9. The highest BCUT2D eigenvalue weighted by Crippen LogP contribution is 2.26. The Morgan fingerprint density at radius 1 is 1.37 bits per heavy atom. The molecular formula is C16H21ClN6O3S. The number of sulfonamides is 1. The number of halogens is 1. The van der Waals surface area contributed by atoms with Gasteiger partial charge in [0, 0.05) is 25.2 Å². The number of benzene rings is 1. The number of rotatable bonds is 3. The van der Waals surface area contributed by atoms with E-state index < -0.39 is 16.1 Å². The van der Waals surface area contributed by atoms with Gasteiger partial charge in [0.2, 0.25) is 0 Å². The van der Waals surface area contributed by atoms with E-state index in [2.05, 4.69) is 30.1 Å². The van der Waals surface area contributed by atoms with E-state index in [0.29, 0.717) is 23.1 Å². The van der Waals surface area contributed by atoms with E-state index in [1.54, 1.807) is 31.2 Å². The number of aromatic nitrogens is 2. The summed E-state index contributed by atoms with van der Waals surface area (Å²) in [6.07, 6.45) is 0. The van der Waals surface area contributed by atoms with Crippen molar-refractivity contribution < 1.29 is 12.9 Å². The first kappa shape index (κ1) is 19.7. The third kappa shape index (κ3) is 3.70. The van der Waals surface area contributed by atoms with Crippen molar-refractivity contribution in [1.29, 1.82) is 0 Å². The minimum atomic E-state index is -3.56. The summed E-state index contributed by atoms with van der Waals surface area (Å²) in [7, 11) is -1.54. The molecule has 0 spiro atoms. The molecular weight excluding hydrogens is 392 g/mol. The number of piperazine rings is 1. The summed E-state index contributed by atoms with van der Waals surface area (Å²) in [5.74, 6) is 1.26. The second-order valence-electron chi connectivity index (χ2n) is 6.45. The van der Waals surface area contributed by atoms with E-state index in [4.69, 9.17) is 4.52 Å². The van der Waals surface area contributed by atoms with E-state index in [1.807, 2.05) is 7.05 Å². The molecule has 2 atom stereocenters. The first-order chi connectivity index (χ1) is 12.5.